The van der Waals surface area contributed by atoms with Crippen molar-refractivity contribution in [2.45, 2.75) is 33.6 Å². The summed E-state index contributed by atoms with van der Waals surface area (Å²) in [5.41, 5.74) is -0.396. The summed E-state index contributed by atoms with van der Waals surface area (Å²) in [6.45, 7) is 6.24. The number of rotatable bonds is 6. The molecule has 92 valence electrons. The molecule has 0 fully saturated rings. The number of aromatic nitrogens is 1. The summed E-state index contributed by atoms with van der Waals surface area (Å²) >= 11 is 1.64. The van der Waals surface area contributed by atoms with Crippen molar-refractivity contribution in [1.29, 1.82) is 0 Å². The van der Waals surface area contributed by atoms with Crippen LogP contribution in [0.1, 0.15) is 30.2 Å². The van der Waals surface area contributed by atoms with Crippen LogP contribution >= 0.6 is 11.3 Å². The Balaban J connectivity index is 2.77. The molecular weight excluding hydrogens is 222 g/mol. The predicted molar refractivity (Wildman–Crippen MR) is 66.6 cm³/mol. The van der Waals surface area contributed by atoms with Crippen molar-refractivity contribution in [2.75, 3.05) is 13.2 Å². The molecule has 1 aromatic heterocycles. The van der Waals surface area contributed by atoms with Crippen LogP contribution in [-0.2, 0) is 6.42 Å². The number of aliphatic hydroxyl groups is 2. The van der Waals surface area contributed by atoms with Crippen LogP contribution in [0, 0.1) is 18.3 Å². The summed E-state index contributed by atoms with van der Waals surface area (Å²) in [6.07, 6.45) is 3.39. The Morgan fingerprint density at radius 1 is 1.38 bits per heavy atom. The number of aliphatic hydroxyl groups excluding tert-OH is 2. The average Bonchev–Trinajstić information content (AvgIpc) is 2.62. The van der Waals surface area contributed by atoms with Gasteiger partial charge >= 0.3 is 0 Å². The Morgan fingerprint density at radius 2 is 2.00 bits per heavy atom. The third kappa shape index (κ3) is 3.54. The van der Waals surface area contributed by atoms with Crippen LogP contribution < -0.4 is 0 Å². The highest BCUT2D eigenvalue weighted by atomic mass is 32.1. The first kappa shape index (κ1) is 13.6. The van der Waals surface area contributed by atoms with Crippen LogP contribution in [0.5, 0.6) is 0 Å². The molecule has 0 aliphatic heterocycles. The number of thiazole rings is 1. The van der Waals surface area contributed by atoms with E-state index in [1.165, 1.54) is 0 Å². The Morgan fingerprint density at radius 3 is 2.38 bits per heavy atom. The van der Waals surface area contributed by atoms with Gasteiger partial charge in [0.1, 0.15) is 0 Å². The maximum Gasteiger partial charge on any atom is 0.0896 e. The lowest BCUT2D eigenvalue weighted by molar-refractivity contribution is 0.0376. The van der Waals surface area contributed by atoms with Gasteiger partial charge in [-0.15, -0.1) is 11.3 Å². The van der Waals surface area contributed by atoms with E-state index in [1.54, 1.807) is 11.3 Å². The van der Waals surface area contributed by atoms with E-state index < -0.39 is 5.41 Å². The van der Waals surface area contributed by atoms with Crippen LogP contribution in [-0.4, -0.2) is 28.4 Å². The summed E-state index contributed by atoms with van der Waals surface area (Å²) in [7, 11) is 0. The van der Waals surface area contributed by atoms with Crippen LogP contribution in [0.4, 0.5) is 0 Å². The molecule has 0 spiro atoms. The third-order valence-corrected chi connectivity index (χ3v) is 3.64. The zero-order valence-corrected chi connectivity index (χ0v) is 11.0. The van der Waals surface area contributed by atoms with Crippen molar-refractivity contribution < 1.29 is 10.2 Å². The molecule has 0 aromatic carbocycles. The van der Waals surface area contributed by atoms with Gasteiger partial charge < -0.3 is 10.2 Å². The van der Waals surface area contributed by atoms with Gasteiger partial charge in [-0.1, -0.05) is 13.8 Å². The van der Waals surface area contributed by atoms with Crippen LogP contribution in [0.3, 0.4) is 0 Å². The van der Waals surface area contributed by atoms with Gasteiger partial charge in [-0.2, -0.15) is 0 Å². The molecule has 0 atom stereocenters. The van der Waals surface area contributed by atoms with E-state index in [1.807, 2.05) is 13.1 Å². The minimum atomic E-state index is -0.396. The molecule has 0 radical (unpaired) electrons. The summed E-state index contributed by atoms with van der Waals surface area (Å²) in [6, 6.07) is 0. The minimum absolute atomic E-state index is 0.0264. The second kappa shape index (κ2) is 5.75. The van der Waals surface area contributed by atoms with Gasteiger partial charge in [0, 0.05) is 16.5 Å². The molecular formula is C12H21NO2S. The number of hydrogen-bond acceptors (Lipinski definition) is 4. The summed E-state index contributed by atoms with van der Waals surface area (Å²) in [4.78, 5) is 5.34. The van der Waals surface area contributed by atoms with Gasteiger partial charge in [0.05, 0.1) is 18.2 Å². The summed E-state index contributed by atoms with van der Waals surface area (Å²) in [5.74, 6) is 0.466. The van der Waals surface area contributed by atoms with E-state index in [0.29, 0.717) is 12.3 Å². The molecule has 0 saturated carbocycles. The van der Waals surface area contributed by atoms with E-state index in [2.05, 4.69) is 18.8 Å². The monoisotopic (exact) mass is 243 g/mol. The average molecular weight is 243 g/mol. The zero-order chi connectivity index (χ0) is 12.2. The molecule has 0 unspecified atom stereocenters. The fourth-order valence-electron chi connectivity index (χ4n) is 2.09. The molecule has 16 heavy (non-hydrogen) atoms. The van der Waals surface area contributed by atoms with Gasteiger partial charge in [-0.25, -0.2) is 4.98 Å². The maximum atomic E-state index is 9.52. The molecule has 1 rings (SSSR count). The van der Waals surface area contributed by atoms with Crippen molar-refractivity contribution in [3.63, 3.8) is 0 Å². The molecule has 1 heterocycles. The second-order valence-corrected chi connectivity index (χ2v) is 6.26. The molecule has 4 heteroatoms. The van der Waals surface area contributed by atoms with Crippen LogP contribution in [0.2, 0.25) is 0 Å². The Labute approximate surface area is 101 Å². The standard InChI is InChI=1S/C12H21NO2S/c1-9(2)4-12(7-14,8-15)5-11-6-13-10(3)16-11/h6,9,14-15H,4-5,7-8H2,1-3H3. The molecule has 0 saturated heterocycles. The highest BCUT2D eigenvalue weighted by Crippen LogP contribution is 2.31. The fourth-order valence-corrected chi connectivity index (χ4v) is 3.05. The number of nitrogens with zero attached hydrogens (tertiary/aromatic N) is 1. The molecule has 0 bridgehead atoms. The lowest BCUT2D eigenvalue weighted by atomic mass is 9.78. The minimum Gasteiger partial charge on any atom is -0.396 e. The van der Waals surface area contributed by atoms with E-state index in [0.717, 1.165) is 16.3 Å². The normalized spacial score (nSPS) is 12.4. The molecule has 2 N–H and O–H groups in total. The first-order valence-electron chi connectivity index (χ1n) is 5.64. The van der Waals surface area contributed by atoms with Crippen molar-refractivity contribution >= 4 is 11.3 Å². The quantitative estimate of drug-likeness (QED) is 0.803. The van der Waals surface area contributed by atoms with Gasteiger partial charge in [-0.3, -0.25) is 0 Å². The topological polar surface area (TPSA) is 53.4 Å². The second-order valence-electron chi connectivity index (χ2n) is 4.94. The van der Waals surface area contributed by atoms with Gasteiger partial charge in [-0.05, 0) is 25.7 Å². The van der Waals surface area contributed by atoms with Gasteiger partial charge in [0.15, 0.2) is 0 Å². The SMILES string of the molecule is Cc1ncc(CC(CO)(CO)CC(C)C)s1. The molecule has 0 aliphatic carbocycles. The number of aryl methyl sites for hydroxylation is 1. The van der Waals surface area contributed by atoms with E-state index in [4.69, 9.17) is 0 Å². The Kier molecular flexibility index (Phi) is 4.89. The largest absolute Gasteiger partial charge is 0.396 e. The molecule has 0 aliphatic rings. The van der Waals surface area contributed by atoms with E-state index >= 15 is 0 Å². The third-order valence-electron chi connectivity index (χ3n) is 2.73. The van der Waals surface area contributed by atoms with Crippen LogP contribution in [0.15, 0.2) is 6.20 Å². The molecule has 1 aromatic rings. The predicted octanol–water partition coefficient (Wildman–Crippen LogP) is 2.01. The van der Waals surface area contributed by atoms with E-state index in [-0.39, 0.29) is 13.2 Å². The lowest BCUT2D eigenvalue weighted by Crippen LogP contribution is -2.33. The van der Waals surface area contributed by atoms with Crippen molar-refractivity contribution in [2.24, 2.45) is 11.3 Å². The highest BCUT2D eigenvalue weighted by Gasteiger charge is 2.30. The first-order chi connectivity index (χ1) is 7.51. The first-order valence-corrected chi connectivity index (χ1v) is 6.46. The smallest absolute Gasteiger partial charge is 0.0896 e. The highest BCUT2D eigenvalue weighted by molar-refractivity contribution is 7.11. The Hall–Kier alpha value is -0.450. The van der Waals surface area contributed by atoms with Gasteiger partial charge in [0.25, 0.3) is 0 Å². The molecule has 0 amide bonds. The maximum absolute atomic E-state index is 9.52. The molecule has 3 nitrogen and oxygen atoms in total. The summed E-state index contributed by atoms with van der Waals surface area (Å²) in [5, 5.41) is 20.1. The zero-order valence-electron chi connectivity index (χ0n) is 10.2. The van der Waals surface area contributed by atoms with Gasteiger partial charge in [0.2, 0.25) is 0 Å². The van der Waals surface area contributed by atoms with Crippen molar-refractivity contribution in [1.82, 2.24) is 4.98 Å². The van der Waals surface area contributed by atoms with Crippen LogP contribution in [0.25, 0.3) is 0 Å². The summed E-state index contributed by atoms with van der Waals surface area (Å²) < 4.78 is 0. The lowest BCUT2D eigenvalue weighted by Gasteiger charge is -2.31. The Bertz CT molecular complexity index is 319. The van der Waals surface area contributed by atoms with E-state index in [9.17, 15) is 10.2 Å². The van der Waals surface area contributed by atoms with Crippen molar-refractivity contribution in [3.05, 3.63) is 16.1 Å². The number of hydrogen-bond donors (Lipinski definition) is 2. The fraction of sp³-hybridized carbons (Fsp3) is 0.750. The van der Waals surface area contributed by atoms with Crippen molar-refractivity contribution in [3.8, 4) is 0 Å².